The van der Waals surface area contributed by atoms with Crippen LogP contribution in [0.5, 0.6) is 5.75 Å². The van der Waals surface area contributed by atoms with Crippen molar-refractivity contribution in [2.24, 2.45) is 5.92 Å². The third kappa shape index (κ3) is 4.83. The topological polar surface area (TPSA) is 68.6 Å². The molecule has 1 aromatic carbocycles. The van der Waals surface area contributed by atoms with E-state index in [1.165, 1.54) is 0 Å². The normalized spacial score (nSPS) is 21.2. The standard InChI is InChI=1S/C26H32N4O3/c1-27-20-4-2-5-22(16-20)33-21-9-7-19(8-10-21)17-30-18-23(25-24(30)6-3-11-28-25)26(31)29-12-14-32-15-13-29/h2-6,11,16,18-19,21,27H,7-10,12-15,17H2,1H3. The van der Waals surface area contributed by atoms with Gasteiger partial charge < -0.3 is 24.3 Å². The lowest BCUT2D eigenvalue weighted by Crippen LogP contribution is -2.40. The first-order valence-electron chi connectivity index (χ1n) is 12.0. The molecule has 1 aliphatic heterocycles. The van der Waals surface area contributed by atoms with E-state index in [0.717, 1.165) is 54.7 Å². The highest BCUT2D eigenvalue weighted by Crippen LogP contribution is 2.31. The van der Waals surface area contributed by atoms with Gasteiger partial charge in [-0.15, -0.1) is 0 Å². The van der Waals surface area contributed by atoms with Crippen molar-refractivity contribution < 1.29 is 14.3 Å². The van der Waals surface area contributed by atoms with Gasteiger partial charge in [0.05, 0.1) is 30.4 Å². The van der Waals surface area contributed by atoms with Gasteiger partial charge in [0.15, 0.2) is 0 Å². The van der Waals surface area contributed by atoms with Crippen LogP contribution in [-0.2, 0) is 11.3 Å². The van der Waals surface area contributed by atoms with Gasteiger partial charge in [0.2, 0.25) is 0 Å². The van der Waals surface area contributed by atoms with Crippen LogP contribution < -0.4 is 10.1 Å². The van der Waals surface area contributed by atoms with E-state index in [1.807, 2.05) is 42.4 Å². The first kappa shape index (κ1) is 21.8. The Hall–Kier alpha value is -3.06. The number of nitrogens with zero attached hydrogens (tertiary/aromatic N) is 3. The van der Waals surface area contributed by atoms with Crippen molar-refractivity contribution in [3.8, 4) is 5.75 Å². The van der Waals surface area contributed by atoms with Crippen molar-refractivity contribution in [1.82, 2.24) is 14.5 Å². The summed E-state index contributed by atoms with van der Waals surface area (Å²) in [6.07, 6.45) is 8.37. The summed E-state index contributed by atoms with van der Waals surface area (Å²) < 4.78 is 13.9. The van der Waals surface area contributed by atoms with Crippen molar-refractivity contribution in [3.63, 3.8) is 0 Å². The van der Waals surface area contributed by atoms with Crippen molar-refractivity contribution in [2.75, 3.05) is 38.7 Å². The fourth-order valence-electron chi connectivity index (χ4n) is 4.99. The van der Waals surface area contributed by atoms with Gasteiger partial charge in [-0.25, -0.2) is 0 Å². The monoisotopic (exact) mass is 448 g/mol. The molecule has 1 amide bonds. The first-order chi connectivity index (χ1) is 16.2. The van der Waals surface area contributed by atoms with Crippen LogP contribution in [0.4, 0.5) is 5.69 Å². The molecule has 0 radical (unpaired) electrons. The van der Waals surface area contributed by atoms with E-state index in [1.54, 1.807) is 6.20 Å². The van der Waals surface area contributed by atoms with Crippen LogP contribution in [0, 0.1) is 5.92 Å². The van der Waals surface area contributed by atoms with Gasteiger partial charge in [0.1, 0.15) is 11.3 Å². The molecule has 0 bridgehead atoms. The van der Waals surface area contributed by atoms with Crippen LogP contribution in [0.25, 0.3) is 11.0 Å². The summed E-state index contributed by atoms with van der Waals surface area (Å²) in [5.74, 6) is 1.55. The molecular formula is C26H32N4O3. The number of rotatable bonds is 6. The predicted molar refractivity (Wildman–Crippen MR) is 129 cm³/mol. The number of anilines is 1. The highest BCUT2D eigenvalue weighted by Gasteiger charge is 2.26. The van der Waals surface area contributed by atoms with Crippen LogP contribution in [0.2, 0.25) is 0 Å². The molecule has 7 heteroatoms. The molecular weight excluding hydrogens is 416 g/mol. The molecule has 3 heterocycles. The van der Waals surface area contributed by atoms with Crippen molar-refractivity contribution >= 4 is 22.6 Å². The summed E-state index contributed by atoms with van der Waals surface area (Å²) in [7, 11) is 1.92. The second-order valence-corrected chi connectivity index (χ2v) is 9.01. The average Bonchev–Trinajstić information content (AvgIpc) is 3.24. The van der Waals surface area contributed by atoms with Crippen LogP contribution in [0.3, 0.4) is 0 Å². The van der Waals surface area contributed by atoms with Gasteiger partial charge in [-0.2, -0.15) is 0 Å². The number of amides is 1. The highest BCUT2D eigenvalue weighted by atomic mass is 16.5. The van der Waals surface area contributed by atoms with Crippen molar-refractivity contribution in [3.05, 3.63) is 54.4 Å². The number of carbonyl (C=O) groups is 1. The van der Waals surface area contributed by atoms with Gasteiger partial charge in [-0.1, -0.05) is 6.07 Å². The van der Waals surface area contributed by atoms with E-state index in [9.17, 15) is 4.79 Å². The largest absolute Gasteiger partial charge is 0.490 e. The average molecular weight is 449 g/mol. The molecule has 3 aromatic rings. The van der Waals surface area contributed by atoms with E-state index in [4.69, 9.17) is 9.47 Å². The lowest BCUT2D eigenvalue weighted by molar-refractivity contribution is 0.0304. The lowest BCUT2D eigenvalue weighted by Gasteiger charge is -2.29. The predicted octanol–water partition coefficient (Wildman–Crippen LogP) is 4.19. The van der Waals surface area contributed by atoms with Gasteiger partial charge in [0.25, 0.3) is 5.91 Å². The zero-order valence-corrected chi connectivity index (χ0v) is 19.2. The van der Waals surface area contributed by atoms with Gasteiger partial charge >= 0.3 is 0 Å². The number of ether oxygens (including phenoxy) is 2. The molecule has 7 nitrogen and oxygen atoms in total. The zero-order valence-electron chi connectivity index (χ0n) is 19.2. The number of nitrogens with one attached hydrogen (secondary N) is 1. The molecule has 1 N–H and O–H groups in total. The Kier molecular flexibility index (Phi) is 6.48. The van der Waals surface area contributed by atoms with Crippen LogP contribution in [0.15, 0.2) is 48.8 Å². The molecule has 0 unspecified atom stereocenters. The summed E-state index contributed by atoms with van der Waals surface area (Å²) >= 11 is 0. The Morgan fingerprint density at radius 1 is 1.15 bits per heavy atom. The molecule has 5 rings (SSSR count). The second-order valence-electron chi connectivity index (χ2n) is 9.01. The molecule has 2 aromatic heterocycles. The van der Waals surface area contributed by atoms with Crippen LogP contribution >= 0.6 is 0 Å². The van der Waals surface area contributed by atoms with Crippen molar-refractivity contribution in [1.29, 1.82) is 0 Å². The highest BCUT2D eigenvalue weighted by molar-refractivity contribution is 6.05. The minimum Gasteiger partial charge on any atom is -0.490 e. The Morgan fingerprint density at radius 3 is 2.76 bits per heavy atom. The summed E-state index contributed by atoms with van der Waals surface area (Å²) in [5, 5.41) is 3.16. The number of benzene rings is 1. The SMILES string of the molecule is CNc1cccc(OC2CCC(Cn3cc(C(=O)N4CCOCC4)c4ncccc43)CC2)c1. The molecule has 2 aliphatic rings. The van der Waals surface area contributed by atoms with E-state index in [2.05, 4.69) is 27.0 Å². The summed E-state index contributed by atoms with van der Waals surface area (Å²) in [6.45, 7) is 3.38. The quantitative estimate of drug-likeness (QED) is 0.613. The molecule has 1 saturated heterocycles. The molecule has 1 aliphatic carbocycles. The smallest absolute Gasteiger partial charge is 0.257 e. The zero-order chi connectivity index (χ0) is 22.6. The van der Waals surface area contributed by atoms with Gasteiger partial charge in [-0.05, 0) is 55.9 Å². The minimum absolute atomic E-state index is 0.0571. The summed E-state index contributed by atoms with van der Waals surface area (Å²) in [4.78, 5) is 19.6. The Balaban J connectivity index is 1.25. The molecule has 1 saturated carbocycles. The Bertz CT molecular complexity index is 1100. The molecule has 0 spiro atoms. The maximum Gasteiger partial charge on any atom is 0.257 e. The minimum atomic E-state index is 0.0571. The number of pyridine rings is 1. The first-order valence-corrected chi connectivity index (χ1v) is 12.0. The summed E-state index contributed by atoms with van der Waals surface area (Å²) in [5.41, 5.74) is 3.61. The maximum absolute atomic E-state index is 13.2. The second kappa shape index (κ2) is 9.83. The number of fused-ring (bicyclic) bond motifs is 1. The number of hydrogen-bond acceptors (Lipinski definition) is 5. The van der Waals surface area contributed by atoms with E-state index >= 15 is 0 Å². The van der Waals surface area contributed by atoms with E-state index < -0.39 is 0 Å². The van der Waals surface area contributed by atoms with Crippen LogP contribution in [0.1, 0.15) is 36.0 Å². The molecule has 2 fully saturated rings. The Labute approximate surface area is 194 Å². The molecule has 33 heavy (non-hydrogen) atoms. The molecule has 174 valence electrons. The molecule has 0 atom stereocenters. The fraction of sp³-hybridized carbons (Fsp3) is 0.462. The van der Waals surface area contributed by atoms with Gasteiger partial charge in [0, 0.05) is 50.8 Å². The number of aromatic nitrogens is 2. The number of hydrogen-bond donors (Lipinski definition) is 1. The third-order valence-corrected chi connectivity index (χ3v) is 6.84. The maximum atomic E-state index is 13.2. The number of morpholine rings is 1. The van der Waals surface area contributed by atoms with Crippen molar-refractivity contribution in [2.45, 2.75) is 38.3 Å². The fourth-order valence-corrected chi connectivity index (χ4v) is 4.99. The third-order valence-electron chi connectivity index (χ3n) is 6.84. The number of carbonyl (C=O) groups excluding carboxylic acids is 1. The van der Waals surface area contributed by atoms with E-state index in [-0.39, 0.29) is 12.0 Å². The Morgan fingerprint density at radius 2 is 1.97 bits per heavy atom. The summed E-state index contributed by atoms with van der Waals surface area (Å²) in [6, 6.07) is 12.2. The van der Waals surface area contributed by atoms with Gasteiger partial charge in [-0.3, -0.25) is 9.78 Å². The van der Waals surface area contributed by atoms with E-state index in [0.29, 0.717) is 37.8 Å². The lowest BCUT2D eigenvalue weighted by atomic mass is 9.87. The van der Waals surface area contributed by atoms with Crippen LogP contribution in [-0.4, -0.2) is 59.8 Å².